The lowest BCUT2D eigenvalue weighted by molar-refractivity contribution is -0.137. The fraction of sp³-hybridized carbons (Fsp3) is 0.235. The number of carboxylic acid groups (broad SMARTS) is 1. The molecule has 1 atom stereocenters. The maximum Gasteiger partial charge on any atom is 0.303 e. The molecule has 1 aromatic heterocycles. The standard InChI is InChI=1S/C17H18N2O4/c1-19-11-13(7-9-15(19)20)17(23)18-14(8-10-16(21)22)12-5-3-2-4-6-12/h2-7,9,11,14H,8,10H2,1H3,(H,18,23)(H,21,22)/t14-/m0/s1. The van der Waals surface area contributed by atoms with Crippen LogP contribution in [0.1, 0.15) is 34.8 Å². The van der Waals surface area contributed by atoms with Crippen molar-refractivity contribution in [1.82, 2.24) is 9.88 Å². The van der Waals surface area contributed by atoms with Gasteiger partial charge in [-0.1, -0.05) is 30.3 Å². The molecule has 0 fully saturated rings. The molecule has 0 aliphatic heterocycles. The van der Waals surface area contributed by atoms with Crippen molar-refractivity contribution < 1.29 is 14.7 Å². The maximum absolute atomic E-state index is 12.4. The smallest absolute Gasteiger partial charge is 0.303 e. The summed E-state index contributed by atoms with van der Waals surface area (Å²) in [6.45, 7) is 0. The molecule has 0 spiro atoms. The molecule has 0 saturated carbocycles. The number of aromatic nitrogens is 1. The van der Waals surface area contributed by atoms with Crippen LogP contribution in [-0.4, -0.2) is 21.6 Å². The highest BCUT2D eigenvalue weighted by Crippen LogP contribution is 2.19. The van der Waals surface area contributed by atoms with E-state index in [1.165, 1.54) is 22.9 Å². The Labute approximate surface area is 133 Å². The van der Waals surface area contributed by atoms with Crippen LogP contribution < -0.4 is 10.9 Å². The first-order valence-electron chi connectivity index (χ1n) is 7.21. The van der Waals surface area contributed by atoms with Gasteiger partial charge in [-0.3, -0.25) is 14.4 Å². The van der Waals surface area contributed by atoms with Crippen molar-refractivity contribution in [2.45, 2.75) is 18.9 Å². The SMILES string of the molecule is Cn1cc(C(=O)N[C@@H](CCC(=O)O)c2ccccc2)ccc1=O. The van der Waals surface area contributed by atoms with E-state index in [-0.39, 0.29) is 24.3 Å². The Hall–Kier alpha value is -2.89. The third-order valence-corrected chi connectivity index (χ3v) is 3.50. The molecule has 1 heterocycles. The number of amides is 1. The second-order valence-electron chi connectivity index (χ2n) is 5.24. The normalized spacial score (nSPS) is 11.7. The van der Waals surface area contributed by atoms with E-state index in [4.69, 9.17) is 5.11 Å². The van der Waals surface area contributed by atoms with Crippen LogP contribution in [0.25, 0.3) is 0 Å². The molecule has 0 saturated heterocycles. The topological polar surface area (TPSA) is 88.4 Å². The molecule has 2 N–H and O–H groups in total. The first kappa shape index (κ1) is 16.5. The minimum atomic E-state index is -0.915. The van der Waals surface area contributed by atoms with E-state index in [1.807, 2.05) is 30.3 Å². The minimum absolute atomic E-state index is 0.0485. The van der Waals surface area contributed by atoms with Gasteiger partial charge in [-0.2, -0.15) is 0 Å². The van der Waals surface area contributed by atoms with Crippen LogP contribution >= 0.6 is 0 Å². The van der Waals surface area contributed by atoms with Gasteiger partial charge < -0.3 is 15.0 Å². The van der Waals surface area contributed by atoms with Crippen molar-refractivity contribution >= 4 is 11.9 Å². The van der Waals surface area contributed by atoms with Gasteiger partial charge in [0.05, 0.1) is 11.6 Å². The van der Waals surface area contributed by atoms with Gasteiger partial charge in [0.2, 0.25) is 5.56 Å². The number of aryl methyl sites for hydroxylation is 1. The van der Waals surface area contributed by atoms with Gasteiger partial charge in [0.25, 0.3) is 5.91 Å². The summed E-state index contributed by atoms with van der Waals surface area (Å²) < 4.78 is 1.32. The quantitative estimate of drug-likeness (QED) is 0.850. The van der Waals surface area contributed by atoms with Crippen molar-refractivity contribution in [2.24, 2.45) is 7.05 Å². The molecule has 6 nitrogen and oxygen atoms in total. The number of nitrogens with zero attached hydrogens (tertiary/aromatic N) is 1. The molecule has 2 aromatic rings. The fourth-order valence-electron chi connectivity index (χ4n) is 2.25. The molecular weight excluding hydrogens is 296 g/mol. The van der Waals surface area contributed by atoms with Crippen molar-refractivity contribution in [3.8, 4) is 0 Å². The molecule has 0 unspecified atom stereocenters. The van der Waals surface area contributed by atoms with Gasteiger partial charge in [-0.15, -0.1) is 0 Å². The molecule has 6 heteroatoms. The van der Waals surface area contributed by atoms with Crippen molar-refractivity contribution in [2.75, 3.05) is 0 Å². The number of rotatable bonds is 6. The van der Waals surface area contributed by atoms with Gasteiger partial charge in [-0.25, -0.2) is 0 Å². The summed E-state index contributed by atoms with van der Waals surface area (Å²) in [5, 5.41) is 11.7. The molecule has 0 bridgehead atoms. The Bertz CT molecular complexity index is 753. The lowest BCUT2D eigenvalue weighted by Gasteiger charge is -2.18. The predicted octanol–water partition coefficient (Wildman–Crippen LogP) is 1.72. The number of carbonyl (C=O) groups is 2. The summed E-state index contributed by atoms with van der Waals surface area (Å²) in [4.78, 5) is 34.6. The Morgan fingerprint density at radius 1 is 1.17 bits per heavy atom. The molecule has 1 amide bonds. The highest BCUT2D eigenvalue weighted by atomic mass is 16.4. The zero-order chi connectivity index (χ0) is 16.8. The summed E-state index contributed by atoms with van der Waals surface area (Å²) in [7, 11) is 1.57. The first-order valence-corrected chi connectivity index (χ1v) is 7.21. The molecule has 1 aromatic carbocycles. The Morgan fingerprint density at radius 2 is 1.87 bits per heavy atom. The van der Waals surface area contributed by atoms with Crippen molar-refractivity contribution in [3.05, 3.63) is 70.1 Å². The lowest BCUT2D eigenvalue weighted by atomic mass is 10.0. The van der Waals surface area contributed by atoms with Crippen LogP contribution in [-0.2, 0) is 11.8 Å². The summed E-state index contributed by atoms with van der Waals surface area (Å²) in [5.74, 6) is -1.26. The Kier molecular flexibility index (Phi) is 5.30. The number of carboxylic acids is 1. The zero-order valence-electron chi connectivity index (χ0n) is 12.7. The fourth-order valence-corrected chi connectivity index (χ4v) is 2.25. The monoisotopic (exact) mass is 314 g/mol. The van der Waals surface area contributed by atoms with E-state index in [2.05, 4.69) is 5.32 Å². The van der Waals surface area contributed by atoms with Crippen LogP contribution in [0.2, 0.25) is 0 Å². The van der Waals surface area contributed by atoms with Gasteiger partial charge in [0.15, 0.2) is 0 Å². The second kappa shape index (κ2) is 7.40. The first-order chi connectivity index (χ1) is 11.0. The molecule has 0 radical (unpaired) electrons. The van der Waals surface area contributed by atoms with Crippen LogP contribution in [0.5, 0.6) is 0 Å². The third-order valence-electron chi connectivity index (χ3n) is 3.50. The number of nitrogens with one attached hydrogen (secondary N) is 1. The molecule has 0 aliphatic rings. The van der Waals surface area contributed by atoms with Gasteiger partial charge in [0, 0.05) is 25.7 Å². The van der Waals surface area contributed by atoms with E-state index in [9.17, 15) is 14.4 Å². The van der Waals surface area contributed by atoms with E-state index >= 15 is 0 Å². The summed E-state index contributed by atoms with van der Waals surface area (Å²) >= 11 is 0. The lowest BCUT2D eigenvalue weighted by Crippen LogP contribution is -2.30. The maximum atomic E-state index is 12.4. The second-order valence-corrected chi connectivity index (χ2v) is 5.24. The van der Waals surface area contributed by atoms with E-state index in [0.717, 1.165) is 5.56 Å². The average Bonchev–Trinajstić information content (AvgIpc) is 2.54. The van der Waals surface area contributed by atoms with Crippen LogP contribution in [0.4, 0.5) is 0 Å². The van der Waals surface area contributed by atoms with Crippen molar-refractivity contribution in [1.29, 1.82) is 0 Å². The number of hydrogen-bond acceptors (Lipinski definition) is 3. The average molecular weight is 314 g/mol. The number of carbonyl (C=O) groups excluding carboxylic acids is 1. The van der Waals surface area contributed by atoms with Crippen LogP contribution in [0, 0.1) is 0 Å². The summed E-state index contributed by atoms with van der Waals surface area (Å²) in [5.41, 5.74) is 0.988. The third kappa shape index (κ3) is 4.54. The summed E-state index contributed by atoms with van der Waals surface area (Å²) in [6.07, 6.45) is 1.70. The summed E-state index contributed by atoms with van der Waals surface area (Å²) in [6, 6.07) is 11.6. The highest BCUT2D eigenvalue weighted by Gasteiger charge is 2.17. The number of hydrogen-bond donors (Lipinski definition) is 2. The van der Waals surface area contributed by atoms with Crippen LogP contribution in [0.3, 0.4) is 0 Å². The van der Waals surface area contributed by atoms with Crippen LogP contribution in [0.15, 0.2) is 53.5 Å². The minimum Gasteiger partial charge on any atom is -0.481 e. The molecule has 2 rings (SSSR count). The molecule has 0 aliphatic carbocycles. The zero-order valence-corrected chi connectivity index (χ0v) is 12.7. The van der Waals surface area contributed by atoms with E-state index in [1.54, 1.807) is 7.05 Å². The van der Waals surface area contributed by atoms with Gasteiger partial charge in [-0.05, 0) is 18.1 Å². The molecule has 23 heavy (non-hydrogen) atoms. The highest BCUT2D eigenvalue weighted by molar-refractivity contribution is 5.94. The van der Waals surface area contributed by atoms with Crippen molar-refractivity contribution in [3.63, 3.8) is 0 Å². The number of benzene rings is 1. The Morgan fingerprint density at radius 3 is 2.48 bits per heavy atom. The van der Waals surface area contributed by atoms with Gasteiger partial charge in [0.1, 0.15) is 0 Å². The van der Waals surface area contributed by atoms with Gasteiger partial charge >= 0.3 is 5.97 Å². The largest absolute Gasteiger partial charge is 0.481 e. The molecular formula is C17H18N2O4. The Balaban J connectivity index is 2.19. The van der Waals surface area contributed by atoms with E-state index < -0.39 is 12.0 Å². The predicted molar refractivity (Wildman–Crippen MR) is 85.2 cm³/mol. The number of aliphatic carboxylic acids is 1. The molecule has 120 valence electrons. The van der Waals surface area contributed by atoms with E-state index in [0.29, 0.717) is 5.56 Å². The number of pyridine rings is 1.